The zero-order chi connectivity index (χ0) is 18.9. The third kappa shape index (κ3) is 5.58. The third-order valence-corrected chi connectivity index (χ3v) is 5.68. The van der Waals surface area contributed by atoms with Gasteiger partial charge in [-0.2, -0.15) is 0 Å². The van der Waals surface area contributed by atoms with Crippen LogP contribution in [0.2, 0.25) is 0 Å². The van der Waals surface area contributed by atoms with Gasteiger partial charge in [-0.25, -0.2) is 0 Å². The van der Waals surface area contributed by atoms with Gasteiger partial charge in [0, 0.05) is 9.75 Å². The molecule has 0 unspecified atom stereocenters. The largest absolute Gasteiger partial charge is 0.490 e. The molecule has 1 heterocycles. The van der Waals surface area contributed by atoms with Crippen LogP contribution < -0.4 is 4.74 Å². The lowest BCUT2D eigenvalue weighted by Gasteiger charge is -2.06. The number of ether oxygens (including phenoxy) is 1. The molecule has 0 aliphatic rings. The standard InChI is InChI=1S/C25H28OS/c1-3-5-6-7-19-26-23-15-13-21(14-16-23)20-9-11-22(12-10-20)25-18-17-24(27-25)8-4-2/h6-7,9-18H,3-5,8,19H2,1-2H3. The van der Waals surface area contributed by atoms with Gasteiger partial charge in [-0.05, 0) is 53.8 Å². The van der Waals surface area contributed by atoms with Gasteiger partial charge < -0.3 is 4.74 Å². The van der Waals surface area contributed by atoms with Crippen molar-refractivity contribution in [3.05, 3.63) is 77.7 Å². The fourth-order valence-corrected chi connectivity index (χ4v) is 4.10. The predicted molar refractivity (Wildman–Crippen MR) is 119 cm³/mol. The Morgan fingerprint density at radius 3 is 2.07 bits per heavy atom. The van der Waals surface area contributed by atoms with Gasteiger partial charge in [0.15, 0.2) is 0 Å². The van der Waals surface area contributed by atoms with Gasteiger partial charge >= 0.3 is 0 Å². The molecule has 0 aliphatic carbocycles. The van der Waals surface area contributed by atoms with E-state index in [2.05, 4.69) is 74.5 Å². The molecule has 0 saturated carbocycles. The van der Waals surface area contributed by atoms with Gasteiger partial charge in [-0.15, -0.1) is 11.3 Å². The molecule has 0 amide bonds. The minimum atomic E-state index is 0.634. The summed E-state index contributed by atoms with van der Waals surface area (Å²) < 4.78 is 5.76. The van der Waals surface area contributed by atoms with E-state index in [1.54, 1.807) is 0 Å². The first-order valence-electron chi connectivity index (χ1n) is 9.87. The lowest BCUT2D eigenvalue weighted by molar-refractivity contribution is 0.362. The highest BCUT2D eigenvalue weighted by atomic mass is 32.1. The highest BCUT2D eigenvalue weighted by Gasteiger charge is 2.04. The molecule has 27 heavy (non-hydrogen) atoms. The number of hydrogen-bond acceptors (Lipinski definition) is 2. The van der Waals surface area contributed by atoms with Crippen LogP contribution in [0.1, 0.15) is 38.0 Å². The van der Waals surface area contributed by atoms with E-state index in [4.69, 9.17) is 4.74 Å². The van der Waals surface area contributed by atoms with Crippen LogP contribution in [0.25, 0.3) is 21.6 Å². The van der Waals surface area contributed by atoms with Crippen LogP contribution in [-0.2, 0) is 6.42 Å². The fraction of sp³-hybridized carbons (Fsp3) is 0.280. The highest BCUT2D eigenvalue weighted by Crippen LogP contribution is 2.31. The van der Waals surface area contributed by atoms with E-state index >= 15 is 0 Å². The number of unbranched alkanes of at least 4 members (excludes halogenated alkanes) is 1. The van der Waals surface area contributed by atoms with Gasteiger partial charge in [-0.1, -0.05) is 75.2 Å². The van der Waals surface area contributed by atoms with E-state index in [1.165, 1.54) is 45.7 Å². The van der Waals surface area contributed by atoms with E-state index in [0.29, 0.717) is 6.61 Å². The van der Waals surface area contributed by atoms with Gasteiger partial charge in [0.1, 0.15) is 12.4 Å². The zero-order valence-electron chi connectivity index (χ0n) is 16.3. The summed E-state index contributed by atoms with van der Waals surface area (Å²) in [7, 11) is 0. The van der Waals surface area contributed by atoms with E-state index in [1.807, 2.05) is 23.5 Å². The van der Waals surface area contributed by atoms with Crippen LogP contribution >= 0.6 is 11.3 Å². The Labute approximate surface area is 167 Å². The molecule has 140 valence electrons. The van der Waals surface area contributed by atoms with Crippen molar-refractivity contribution in [3.63, 3.8) is 0 Å². The monoisotopic (exact) mass is 376 g/mol. The normalized spacial score (nSPS) is 11.2. The van der Waals surface area contributed by atoms with Gasteiger partial charge in [0.25, 0.3) is 0 Å². The van der Waals surface area contributed by atoms with Crippen molar-refractivity contribution in [2.45, 2.75) is 39.5 Å². The summed E-state index contributed by atoms with van der Waals surface area (Å²) in [6.07, 6.45) is 8.93. The number of rotatable bonds is 9. The molecule has 0 N–H and O–H groups in total. The lowest BCUT2D eigenvalue weighted by atomic mass is 10.0. The van der Waals surface area contributed by atoms with Crippen molar-refractivity contribution in [1.82, 2.24) is 0 Å². The molecule has 3 aromatic rings. The van der Waals surface area contributed by atoms with Crippen LogP contribution in [-0.4, -0.2) is 6.61 Å². The van der Waals surface area contributed by atoms with Crippen molar-refractivity contribution in [2.24, 2.45) is 0 Å². The molecule has 0 fully saturated rings. The summed E-state index contributed by atoms with van der Waals surface area (Å²) in [4.78, 5) is 2.82. The summed E-state index contributed by atoms with van der Waals surface area (Å²) in [5, 5.41) is 0. The van der Waals surface area contributed by atoms with Crippen molar-refractivity contribution in [1.29, 1.82) is 0 Å². The Hall–Kier alpha value is -2.32. The number of hydrogen-bond donors (Lipinski definition) is 0. The Morgan fingerprint density at radius 2 is 1.41 bits per heavy atom. The Morgan fingerprint density at radius 1 is 0.741 bits per heavy atom. The van der Waals surface area contributed by atoms with Crippen LogP contribution in [0.3, 0.4) is 0 Å². The molecule has 0 atom stereocenters. The smallest absolute Gasteiger partial charge is 0.119 e. The summed E-state index contributed by atoms with van der Waals surface area (Å²) in [6, 6.07) is 21.7. The number of allylic oxidation sites excluding steroid dienone is 1. The second-order valence-electron chi connectivity index (χ2n) is 6.69. The van der Waals surface area contributed by atoms with E-state index in [9.17, 15) is 0 Å². The topological polar surface area (TPSA) is 9.23 Å². The molecule has 2 aromatic carbocycles. The minimum absolute atomic E-state index is 0.634. The average molecular weight is 377 g/mol. The molecule has 2 heteroatoms. The molecule has 3 rings (SSSR count). The molecule has 0 radical (unpaired) electrons. The molecule has 1 aromatic heterocycles. The van der Waals surface area contributed by atoms with Crippen LogP contribution in [0.4, 0.5) is 0 Å². The molecular weight excluding hydrogens is 348 g/mol. The summed E-state index contributed by atoms with van der Waals surface area (Å²) in [5.41, 5.74) is 3.75. The van der Waals surface area contributed by atoms with E-state index in [-0.39, 0.29) is 0 Å². The maximum atomic E-state index is 5.76. The number of benzene rings is 2. The Kier molecular flexibility index (Phi) is 7.29. The van der Waals surface area contributed by atoms with E-state index in [0.717, 1.165) is 12.2 Å². The minimum Gasteiger partial charge on any atom is -0.490 e. The Balaban J connectivity index is 1.62. The summed E-state index contributed by atoms with van der Waals surface area (Å²) >= 11 is 1.90. The first-order valence-corrected chi connectivity index (χ1v) is 10.7. The van der Waals surface area contributed by atoms with Crippen molar-refractivity contribution < 1.29 is 4.74 Å². The number of thiophene rings is 1. The molecule has 0 bridgehead atoms. The molecule has 1 nitrogen and oxygen atoms in total. The van der Waals surface area contributed by atoms with Crippen LogP contribution in [0, 0.1) is 0 Å². The fourth-order valence-electron chi connectivity index (χ4n) is 2.98. The maximum Gasteiger partial charge on any atom is 0.119 e. The van der Waals surface area contributed by atoms with Gasteiger partial charge in [0.05, 0.1) is 0 Å². The molecule has 0 spiro atoms. The Bertz CT molecular complexity index is 841. The summed E-state index contributed by atoms with van der Waals surface area (Å²) in [6.45, 7) is 5.04. The van der Waals surface area contributed by atoms with E-state index < -0.39 is 0 Å². The molecular formula is C25H28OS. The molecule has 0 saturated heterocycles. The van der Waals surface area contributed by atoms with Crippen molar-refractivity contribution >= 4 is 11.3 Å². The van der Waals surface area contributed by atoms with Crippen LogP contribution in [0.15, 0.2) is 72.8 Å². The van der Waals surface area contributed by atoms with Crippen molar-refractivity contribution in [3.8, 4) is 27.3 Å². The highest BCUT2D eigenvalue weighted by molar-refractivity contribution is 7.15. The SMILES string of the molecule is CCCC=CCOc1ccc(-c2ccc(-c3ccc(CCC)s3)cc2)cc1. The quantitative estimate of drug-likeness (QED) is 0.347. The second-order valence-corrected chi connectivity index (χ2v) is 7.86. The first-order chi connectivity index (χ1) is 13.3. The lowest BCUT2D eigenvalue weighted by Crippen LogP contribution is -1.92. The van der Waals surface area contributed by atoms with Gasteiger partial charge in [0.2, 0.25) is 0 Å². The number of aryl methyl sites for hydroxylation is 1. The summed E-state index contributed by atoms with van der Waals surface area (Å²) in [5.74, 6) is 0.915. The first kappa shape index (κ1) is 19.4. The molecule has 0 aliphatic heterocycles. The zero-order valence-corrected chi connectivity index (χ0v) is 17.1. The van der Waals surface area contributed by atoms with Crippen LogP contribution in [0.5, 0.6) is 5.75 Å². The second kappa shape index (κ2) is 10.1. The predicted octanol–water partition coefficient (Wildman–Crippen LogP) is 7.77. The van der Waals surface area contributed by atoms with Gasteiger partial charge in [-0.3, -0.25) is 0 Å². The van der Waals surface area contributed by atoms with Crippen molar-refractivity contribution in [2.75, 3.05) is 6.61 Å². The maximum absolute atomic E-state index is 5.76. The third-order valence-electron chi connectivity index (χ3n) is 4.48. The average Bonchev–Trinajstić information content (AvgIpc) is 3.17.